The van der Waals surface area contributed by atoms with Crippen LogP contribution in [0.5, 0.6) is 0 Å². The fraction of sp³-hybridized carbons (Fsp3) is 0.286. The minimum absolute atomic E-state index is 0.00507. The summed E-state index contributed by atoms with van der Waals surface area (Å²) in [6.45, 7) is 3.61. The van der Waals surface area contributed by atoms with Crippen LogP contribution >= 0.6 is 11.6 Å². The van der Waals surface area contributed by atoms with Crippen molar-refractivity contribution in [3.63, 3.8) is 0 Å². The lowest BCUT2D eigenvalue weighted by Gasteiger charge is -2.22. The highest BCUT2D eigenvalue weighted by Crippen LogP contribution is 2.27. The molecule has 0 bridgehead atoms. The number of halogens is 1. The Labute approximate surface area is 131 Å². The first-order chi connectivity index (χ1) is 10.4. The van der Waals surface area contributed by atoms with Crippen molar-refractivity contribution in [3.8, 4) is 0 Å². The predicted octanol–water partition coefficient (Wildman–Crippen LogP) is 2.07. The lowest BCUT2D eigenvalue weighted by Crippen LogP contribution is -2.36. The fourth-order valence-electron chi connectivity index (χ4n) is 2.31. The van der Waals surface area contributed by atoms with E-state index < -0.39 is 6.04 Å². The van der Waals surface area contributed by atoms with Crippen molar-refractivity contribution >= 4 is 35.1 Å². The molecule has 1 aliphatic heterocycles. The Bertz CT molecular complexity index is 771. The molecule has 1 aliphatic rings. The molecule has 1 atom stereocenters. The molecule has 0 fully saturated rings. The largest absolute Gasteiger partial charge is 0.323 e. The van der Waals surface area contributed by atoms with Gasteiger partial charge in [0.1, 0.15) is 11.9 Å². The van der Waals surface area contributed by atoms with Crippen molar-refractivity contribution in [2.75, 3.05) is 10.6 Å². The molecule has 0 saturated heterocycles. The first-order valence-electron chi connectivity index (χ1n) is 6.74. The molecule has 3 rings (SSSR count). The van der Waals surface area contributed by atoms with Crippen LogP contribution in [0.3, 0.4) is 0 Å². The summed E-state index contributed by atoms with van der Waals surface area (Å²) in [5.74, 6) is 0.147. The van der Waals surface area contributed by atoms with E-state index in [2.05, 4.69) is 20.7 Å². The highest BCUT2D eigenvalue weighted by Gasteiger charge is 2.32. The smallest absolute Gasteiger partial charge is 0.249 e. The quantitative estimate of drug-likeness (QED) is 0.886. The van der Waals surface area contributed by atoms with Crippen molar-refractivity contribution in [2.24, 2.45) is 0 Å². The lowest BCUT2D eigenvalue weighted by atomic mass is 10.1. The highest BCUT2D eigenvalue weighted by molar-refractivity contribution is 6.33. The minimum atomic E-state index is -0.748. The second-order valence-electron chi connectivity index (χ2n) is 5.17. The van der Waals surface area contributed by atoms with Crippen molar-refractivity contribution in [1.82, 2.24) is 14.8 Å². The average molecular weight is 320 g/mol. The van der Waals surface area contributed by atoms with Gasteiger partial charge in [-0.15, -0.1) is 0 Å². The zero-order valence-corrected chi connectivity index (χ0v) is 12.8. The molecule has 0 unspecified atom stereocenters. The van der Waals surface area contributed by atoms with Gasteiger partial charge in [0.2, 0.25) is 17.8 Å². The van der Waals surface area contributed by atoms with Crippen molar-refractivity contribution in [1.29, 1.82) is 0 Å². The van der Waals surface area contributed by atoms with Crippen molar-refractivity contribution < 1.29 is 9.59 Å². The van der Waals surface area contributed by atoms with E-state index in [1.165, 1.54) is 4.68 Å². The number of benzene rings is 1. The molecule has 1 aromatic heterocycles. The zero-order valence-electron chi connectivity index (χ0n) is 12.1. The van der Waals surface area contributed by atoms with E-state index in [-0.39, 0.29) is 24.2 Å². The van der Waals surface area contributed by atoms with Gasteiger partial charge < -0.3 is 5.32 Å². The van der Waals surface area contributed by atoms with Crippen LogP contribution in [-0.2, 0) is 9.59 Å². The minimum Gasteiger partial charge on any atom is -0.323 e. The SMILES string of the molecule is Cc1ccc(NC(=O)[C@@H]2CC(=O)Nc3nc(C)nn32)c(Cl)c1. The summed E-state index contributed by atoms with van der Waals surface area (Å²) in [6, 6.07) is 4.59. The first-order valence-corrected chi connectivity index (χ1v) is 7.12. The fourth-order valence-corrected chi connectivity index (χ4v) is 2.59. The number of nitrogens with one attached hydrogen (secondary N) is 2. The topological polar surface area (TPSA) is 88.9 Å². The summed E-state index contributed by atoms with van der Waals surface area (Å²) < 4.78 is 1.42. The van der Waals surface area contributed by atoms with Crippen molar-refractivity contribution in [3.05, 3.63) is 34.6 Å². The molecule has 1 aromatic carbocycles. The second kappa shape index (κ2) is 5.42. The number of carbonyl (C=O) groups is 2. The third-order valence-corrected chi connectivity index (χ3v) is 3.66. The maximum atomic E-state index is 12.5. The van der Waals surface area contributed by atoms with Crippen LogP contribution in [0.25, 0.3) is 0 Å². The molecular formula is C14H14ClN5O2. The van der Waals surface area contributed by atoms with Gasteiger partial charge in [0.25, 0.3) is 0 Å². The molecule has 0 saturated carbocycles. The maximum absolute atomic E-state index is 12.5. The van der Waals surface area contributed by atoms with Crippen LogP contribution in [0.15, 0.2) is 18.2 Å². The molecular weight excluding hydrogens is 306 g/mol. The number of hydrogen-bond donors (Lipinski definition) is 2. The number of amides is 2. The van der Waals surface area contributed by atoms with Gasteiger partial charge in [-0.25, -0.2) is 4.68 Å². The van der Waals surface area contributed by atoms with E-state index in [1.807, 2.05) is 13.0 Å². The first kappa shape index (κ1) is 14.5. The third kappa shape index (κ3) is 2.67. The summed E-state index contributed by atoms with van der Waals surface area (Å²) in [5, 5.41) is 9.94. The number of rotatable bonds is 2. The second-order valence-corrected chi connectivity index (χ2v) is 5.58. The lowest BCUT2D eigenvalue weighted by molar-refractivity contribution is -0.125. The van der Waals surface area contributed by atoms with Crippen LogP contribution in [-0.4, -0.2) is 26.6 Å². The van der Waals surface area contributed by atoms with Gasteiger partial charge in [-0.2, -0.15) is 10.1 Å². The van der Waals surface area contributed by atoms with Crippen molar-refractivity contribution in [2.45, 2.75) is 26.3 Å². The summed E-state index contributed by atoms with van der Waals surface area (Å²) in [7, 11) is 0. The van der Waals surface area contributed by atoms with Gasteiger partial charge in [-0.05, 0) is 31.5 Å². The Morgan fingerprint density at radius 2 is 2.23 bits per heavy atom. The summed E-state index contributed by atoms with van der Waals surface area (Å²) in [6.07, 6.45) is 0.00507. The van der Waals surface area contributed by atoms with E-state index in [1.54, 1.807) is 19.1 Å². The molecule has 2 heterocycles. The van der Waals surface area contributed by atoms with E-state index >= 15 is 0 Å². The molecule has 114 valence electrons. The summed E-state index contributed by atoms with van der Waals surface area (Å²) in [4.78, 5) is 28.3. The molecule has 2 amide bonds. The molecule has 0 radical (unpaired) electrons. The molecule has 22 heavy (non-hydrogen) atoms. The van der Waals surface area contributed by atoms with Gasteiger partial charge in [-0.3, -0.25) is 14.9 Å². The maximum Gasteiger partial charge on any atom is 0.249 e. The molecule has 0 aliphatic carbocycles. The van der Waals surface area contributed by atoms with Gasteiger partial charge in [0.05, 0.1) is 17.1 Å². The average Bonchev–Trinajstić information content (AvgIpc) is 2.80. The normalized spacial score (nSPS) is 16.9. The van der Waals surface area contributed by atoms with E-state index in [0.717, 1.165) is 5.56 Å². The summed E-state index contributed by atoms with van der Waals surface area (Å²) >= 11 is 6.12. The summed E-state index contributed by atoms with van der Waals surface area (Å²) in [5.41, 5.74) is 1.50. The number of hydrogen-bond acceptors (Lipinski definition) is 4. The third-order valence-electron chi connectivity index (χ3n) is 3.35. The Balaban J connectivity index is 1.87. The monoisotopic (exact) mass is 319 g/mol. The van der Waals surface area contributed by atoms with Gasteiger partial charge in [0, 0.05) is 0 Å². The van der Waals surface area contributed by atoms with Crippen LogP contribution in [0.4, 0.5) is 11.6 Å². The van der Waals surface area contributed by atoms with Crippen LogP contribution in [0.2, 0.25) is 5.02 Å². The number of aryl methyl sites for hydroxylation is 2. The molecule has 7 nitrogen and oxygen atoms in total. The molecule has 8 heteroatoms. The highest BCUT2D eigenvalue weighted by atomic mass is 35.5. The van der Waals surface area contributed by atoms with E-state index in [0.29, 0.717) is 16.5 Å². The molecule has 2 N–H and O–H groups in total. The van der Waals surface area contributed by atoms with Crippen LogP contribution in [0.1, 0.15) is 23.9 Å². The number of anilines is 2. The predicted molar refractivity (Wildman–Crippen MR) is 81.9 cm³/mol. The van der Waals surface area contributed by atoms with Crippen LogP contribution < -0.4 is 10.6 Å². The standard InChI is InChI=1S/C14H14ClN5O2/c1-7-3-4-10(9(15)5-7)17-13(22)11-6-12(21)18-14-16-8(2)19-20(11)14/h3-5,11H,6H2,1-2H3,(H,17,22)(H,16,18,19,21)/t11-/m0/s1. The van der Waals surface area contributed by atoms with E-state index in [4.69, 9.17) is 11.6 Å². The Morgan fingerprint density at radius 3 is 2.95 bits per heavy atom. The van der Waals surface area contributed by atoms with E-state index in [9.17, 15) is 9.59 Å². The Kier molecular flexibility index (Phi) is 3.58. The van der Waals surface area contributed by atoms with Gasteiger partial charge >= 0.3 is 0 Å². The number of nitrogens with zero attached hydrogens (tertiary/aromatic N) is 3. The zero-order chi connectivity index (χ0) is 15.9. The molecule has 2 aromatic rings. The number of fused-ring (bicyclic) bond motifs is 1. The van der Waals surface area contributed by atoms with Gasteiger partial charge in [-0.1, -0.05) is 17.7 Å². The Hall–Kier alpha value is -2.41. The van der Waals surface area contributed by atoms with Crippen LogP contribution in [0, 0.1) is 13.8 Å². The molecule has 0 spiro atoms. The number of aromatic nitrogens is 3. The Morgan fingerprint density at radius 1 is 1.45 bits per heavy atom. The number of carbonyl (C=O) groups excluding carboxylic acids is 2. The van der Waals surface area contributed by atoms with Gasteiger partial charge in [0.15, 0.2) is 0 Å².